The number of hydrogen-bond donors (Lipinski definition) is 1. The van der Waals surface area contributed by atoms with E-state index in [1.165, 1.54) is 17.7 Å². The molecule has 0 spiro atoms. The standard InChI is InChI=1S/C16H21FN2/c1-3-4-16(18-2)14-9-10-19(12-14)11-13-5-7-15(17)8-6-13/h5-10,12,16,18H,3-4,11H2,1-2H3. The van der Waals surface area contributed by atoms with E-state index in [0.29, 0.717) is 6.04 Å². The molecule has 0 aliphatic carbocycles. The summed E-state index contributed by atoms with van der Waals surface area (Å²) < 4.78 is 15.0. The Morgan fingerprint density at radius 1 is 1.21 bits per heavy atom. The van der Waals surface area contributed by atoms with Gasteiger partial charge in [0.15, 0.2) is 0 Å². The third kappa shape index (κ3) is 3.67. The van der Waals surface area contributed by atoms with Crippen LogP contribution in [0, 0.1) is 5.82 Å². The number of halogens is 1. The van der Waals surface area contributed by atoms with Crippen LogP contribution in [-0.2, 0) is 6.54 Å². The van der Waals surface area contributed by atoms with Gasteiger partial charge in [-0.25, -0.2) is 4.39 Å². The lowest BCUT2D eigenvalue weighted by Crippen LogP contribution is -2.15. The molecule has 0 saturated carbocycles. The van der Waals surface area contributed by atoms with Crippen molar-refractivity contribution < 1.29 is 4.39 Å². The van der Waals surface area contributed by atoms with Crippen molar-refractivity contribution in [3.63, 3.8) is 0 Å². The summed E-state index contributed by atoms with van der Waals surface area (Å²) in [6.45, 7) is 2.97. The topological polar surface area (TPSA) is 17.0 Å². The number of hydrogen-bond acceptors (Lipinski definition) is 1. The summed E-state index contributed by atoms with van der Waals surface area (Å²) >= 11 is 0. The molecule has 1 aromatic heterocycles. The summed E-state index contributed by atoms with van der Waals surface area (Å²) in [6, 6.07) is 9.24. The lowest BCUT2D eigenvalue weighted by molar-refractivity contribution is 0.540. The summed E-state index contributed by atoms with van der Waals surface area (Å²) in [5, 5.41) is 3.34. The van der Waals surface area contributed by atoms with Gasteiger partial charge in [-0.3, -0.25) is 0 Å². The molecule has 1 N–H and O–H groups in total. The minimum Gasteiger partial charge on any atom is -0.350 e. The fraction of sp³-hybridized carbons (Fsp3) is 0.375. The summed E-state index contributed by atoms with van der Waals surface area (Å²) in [6.07, 6.45) is 6.55. The van der Waals surface area contributed by atoms with Crippen LogP contribution < -0.4 is 5.32 Å². The van der Waals surface area contributed by atoms with E-state index in [-0.39, 0.29) is 5.82 Å². The fourth-order valence-corrected chi connectivity index (χ4v) is 2.33. The number of aromatic nitrogens is 1. The van der Waals surface area contributed by atoms with Crippen molar-refractivity contribution >= 4 is 0 Å². The molecule has 0 fully saturated rings. The van der Waals surface area contributed by atoms with Crippen LogP contribution in [0.2, 0.25) is 0 Å². The molecule has 0 bridgehead atoms. The van der Waals surface area contributed by atoms with Gasteiger partial charge in [0, 0.05) is 25.0 Å². The van der Waals surface area contributed by atoms with Crippen molar-refractivity contribution in [2.24, 2.45) is 0 Å². The van der Waals surface area contributed by atoms with Gasteiger partial charge in [0.1, 0.15) is 5.82 Å². The molecular weight excluding hydrogens is 239 g/mol. The molecule has 1 atom stereocenters. The van der Waals surface area contributed by atoms with Gasteiger partial charge in [-0.1, -0.05) is 25.5 Å². The number of benzene rings is 1. The summed E-state index contributed by atoms with van der Waals surface area (Å²) in [5.74, 6) is -0.185. The van der Waals surface area contributed by atoms with Crippen molar-refractivity contribution in [2.45, 2.75) is 32.4 Å². The van der Waals surface area contributed by atoms with Gasteiger partial charge in [-0.15, -0.1) is 0 Å². The van der Waals surface area contributed by atoms with E-state index in [0.717, 1.165) is 24.9 Å². The highest BCUT2D eigenvalue weighted by molar-refractivity contribution is 5.20. The van der Waals surface area contributed by atoms with E-state index in [1.54, 1.807) is 0 Å². The maximum absolute atomic E-state index is 12.9. The van der Waals surface area contributed by atoms with Crippen LogP contribution in [0.15, 0.2) is 42.7 Å². The molecule has 2 aromatic rings. The average Bonchev–Trinajstić information content (AvgIpc) is 2.87. The van der Waals surface area contributed by atoms with Gasteiger partial charge in [-0.2, -0.15) is 0 Å². The molecular formula is C16H21FN2. The molecule has 19 heavy (non-hydrogen) atoms. The molecule has 2 rings (SSSR count). The second kappa shape index (κ2) is 6.53. The lowest BCUT2D eigenvalue weighted by Gasteiger charge is -2.13. The van der Waals surface area contributed by atoms with E-state index < -0.39 is 0 Å². The van der Waals surface area contributed by atoms with E-state index in [2.05, 4.69) is 35.3 Å². The second-order valence-corrected chi connectivity index (χ2v) is 4.87. The Morgan fingerprint density at radius 3 is 2.58 bits per heavy atom. The lowest BCUT2D eigenvalue weighted by atomic mass is 10.1. The van der Waals surface area contributed by atoms with E-state index in [4.69, 9.17) is 0 Å². The first-order valence-electron chi connectivity index (χ1n) is 6.80. The normalized spacial score (nSPS) is 12.6. The predicted molar refractivity (Wildman–Crippen MR) is 76.6 cm³/mol. The van der Waals surface area contributed by atoms with Crippen molar-refractivity contribution in [1.82, 2.24) is 9.88 Å². The molecule has 0 aliphatic heterocycles. The minimum absolute atomic E-state index is 0.185. The Balaban J connectivity index is 2.06. The Morgan fingerprint density at radius 2 is 1.95 bits per heavy atom. The van der Waals surface area contributed by atoms with Gasteiger partial charge in [0.2, 0.25) is 0 Å². The van der Waals surface area contributed by atoms with Crippen LogP contribution in [-0.4, -0.2) is 11.6 Å². The minimum atomic E-state index is -0.185. The second-order valence-electron chi connectivity index (χ2n) is 4.87. The van der Waals surface area contributed by atoms with Gasteiger partial charge >= 0.3 is 0 Å². The van der Waals surface area contributed by atoms with E-state index >= 15 is 0 Å². The molecule has 2 nitrogen and oxygen atoms in total. The van der Waals surface area contributed by atoms with Crippen molar-refractivity contribution in [1.29, 1.82) is 0 Å². The van der Waals surface area contributed by atoms with Crippen molar-refractivity contribution in [2.75, 3.05) is 7.05 Å². The molecule has 102 valence electrons. The molecule has 0 saturated heterocycles. The van der Waals surface area contributed by atoms with Gasteiger partial charge in [-0.05, 0) is 42.8 Å². The average molecular weight is 260 g/mol. The van der Waals surface area contributed by atoms with Crippen LogP contribution in [0.25, 0.3) is 0 Å². The molecule has 1 unspecified atom stereocenters. The Bertz CT molecular complexity index is 502. The van der Waals surface area contributed by atoms with Gasteiger partial charge < -0.3 is 9.88 Å². The molecule has 0 amide bonds. The van der Waals surface area contributed by atoms with Crippen LogP contribution in [0.5, 0.6) is 0 Å². The SMILES string of the molecule is CCCC(NC)c1ccn(Cc2ccc(F)cc2)c1. The van der Waals surface area contributed by atoms with E-state index in [9.17, 15) is 4.39 Å². The number of nitrogens with one attached hydrogen (secondary N) is 1. The summed E-state index contributed by atoms with van der Waals surface area (Å²) in [5.41, 5.74) is 2.42. The zero-order valence-corrected chi connectivity index (χ0v) is 11.6. The van der Waals surface area contributed by atoms with Crippen LogP contribution in [0.4, 0.5) is 4.39 Å². The smallest absolute Gasteiger partial charge is 0.123 e. The van der Waals surface area contributed by atoms with Gasteiger partial charge in [0.05, 0.1) is 0 Å². The first kappa shape index (κ1) is 13.8. The monoisotopic (exact) mass is 260 g/mol. The van der Waals surface area contributed by atoms with Gasteiger partial charge in [0.25, 0.3) is 0 Å². The first-order chi connectivity index (χ1) is 9.22. The summed E-state index contributed by atoms with van der Waals surface area (Å²) in [7, 11) is 2.00. The maximum atomic E-state index is 12.9. The Kier molecular flexibility index (Phi) is 4.74. The predicted octanol–water partition coefficient (Wildman–Crippen LogP) is 3.74. The third-order valence-corrected chi connectivity index (χ3v) is 3.38. The fourth-order valence-electron chi connectivity index (χ4n) is 2.33. The van der Waals surface area contributed by atoms with Crippen LogP contribution >= 0.6 is 0 Å². The molecule has 1 heterocycles. The highest BCUT2D eigenvalue weighted by Gasteiger charge is 2.09. The zero-order chi connectivity index (χ0) is 13.7. The van der Waals surface area contributed by atoms with Crippen molar-refractivity contribution in [3.8, 4) is 0 Å². The Hall–Kier alpha value is -1.61. The van der Waals surface area contributed by atoms with E-state index in [1.807, 2.05) is 19.2 Å². The quantitative estimate of drug-likeness (QED) is 0.837. The number of rotatable bonds is 6. The number of nitrogens with zero attached hydrogens (tertiary/aromatic N) is 1. The maximum Gasteiger partial charge on any atom is 0.123 e. The largest absolute Gasteiger partial charge is 0.350 e. The molecule has 0 aliphatic rings. The molecule has 1 aromatic carbocycles. The summed E-state index contributed by atoms with van der Waals surface area (Å²) in [4.78, 5) is 0. The molecule has 0 radical (unpaired) electrons. The zero-order valence-electron chi connectivity index (χ0n) is 11.6. The molecule has 3 heteroatoms. The van der Waals surface area contributed by atoms with Crippen LogP contribution in [0.1, 0.15) is 36.9 Å². The Labute approximate surface area is 114 Å². The highest BCUT2D eigenvalue weighted by atomic mass is 19.1. The van der Waals surface area contributed by atoms with Crippen molar-refractivity contribution in [3.05, 3.63) is 59.7 Å². The highest BCUT2D eigenvalue weighted by Crippen LogP contribution is 2.19. The van der Waals surface area contributed by atoms with Crippen LogP contribution in [0.3, 0.4) is 0 Å². The first-order valence-corrected chi connectivity index (χ1v) is 6.80. The third-order valence-electron chi connectivity index (χ3n) is 3.38.